The molecule has 2 heteroatoms. The molecule has 0 aliphatic rings. The predicted molar refractivity (Wildman–Crippen MR) is 32.8 cm³/mol. The topological polar surface area (TPSA) is 40.5 Å². The van der Waals surface area contributed by atoms with Crippen LogP contribution in [0.1, 0.15) is 19.8 Å². The maximum atomic E-state index is 8.07. The molecule has 0 heterocycles. The Morgan fingerprint density at radius 1 is 1.62 bits per heavy atom. The highest BCUT2D eigenvalue weighted by atomic mass is 16.3. The van der Waals surface area contributed by atoms with Crippen LogP contribution in [0.3, 0.4) is 0 Å². The van der Waals surface area contributed by atoms with Gasteiger partial charge in [-0.1, -0.05) is 19.8 Å². The molecule has 0 amide bonds. The molecule has 0 saturated carbocycles. The van der Waals surface area contributed by atoms with Crippen molar-refractivity contribution in [1.29, 1.82) is 0 Å². The maximum absolute atomic E-state index is 8.07. The molecular formula is C6H12O2. The van der Waals surface area contributed by atoms with Crippen LogP contribution in [-0.4, -0.2) is 16.8 Å². The van der Waals surface area contributed by atoms with Gasteiger partial charge in [0.25, 0.3) is 0 Å². The Labute approximate surface area is 50.2 Å². The molecule has 0 radical (unpaired) electrons. The van der Waals surface area contributed by atoms with Gasteiger partial charge in [-0.05, 0) is 6.42 Å². The van der Waals surface area contributed by atoms with Gasteiger partial charge in [0.2, 0.25) is 0 Å². The highest BCUT2D eigenvalue weighted by Crippen LogP contribution is 1.78. The molecule has 8 heavy (non-hydrogen) atoms. The minimum atomic E-state index is 0.344. The largest absolute Gasteiger partial charge is 0.462 e. The Kier molecular flexibility index (Phi) is 21.0. The van der Waals surface area contributed by atoms with Gasteiger partial charge in [-0.2, -0.15) is 0 Å². The highest BCUT2D eigenvalue weighted by molar-refractivity contribution is 4.61. The SMILES string of the molecule is C#CO.CCCCO. The molecular weight excluding hydrogens is 104 g/mol. The van der Waals surface area contributed by atoms with Crippen LogP contribution in [0.25, 0.3) is 0 Å². The van der Waals surface area contributed by atoms with E-state index in [-0.39, 0.29) is 0 Å². The Morgan fingerprint density at radius 2 is 2.00 bits per heavy atom. The second kappa shape index (κ2) is 16.2. The number of unbranched alkanes of at least 4 members (excludes halogenated alkanes) is 1. The van der Waals surface area contributed by atoms with Gasteiger partial charge >= 0.3 is 0 Å². The van der Waals surface area contributed by atoms with Crippen molar-refractivity contribution < 1.29 is 10.2 Å². The van der Waals surface area contributed by atoms with E-state index >= 15 is 0 Å². The molecule has 0 aliphatic carbocycles. The summed E-state index contributed by atoms with van der Waals surface area (Å²) in [6.45, 7) is 2.40. The fraction of sp³-hybridized carbons (Fsp3) is 0.667. The van der Waals surface area contributed by atoms with E-state index in [0.29, 0.717) is 6.61 Å². The monoisotopic (exact) mass is 116 g/mol. The lowest BCUT2D eigenvalue weighted by Gasteiger charge is -1.79. The van der Waals surface area contributed by atoms with Crippen LogP contribution in [0.4, 0.5) is 0 Å². The summed E-state index contributed by atoms with van der Waals surface area (Å²) >= 11 is 0. The van der Waals surface area contributed by atoms with Crippen LogP contribution in [-0.2, 0) is 0 Å². The standard InChI is InChI=1S/C4H10O.C2H2O/c1-2-3-4-5;1-2-3/h5H,2-4H2,1H3;1,3H. The van der Waals surface area contributed by atoms with Gasteiger partial charge in [-0.25, -0.2) is 0 Å². The van der Waals surface area contributed by atoms with E-state index in [9.17, 15) is 0 Å². The minimum Gasteiger partial charge on any atom is -0.462 e. The zero-order valence-electron chi connectivity index (χ0n) is 5.09. The maximum Gasteiger partial charge on any atom is 0.103 e. The van der Waals surface area contributed by atoms with Gasteiger partial charge < -0.3 is 10.2 Å². The number of hydrogen-bond donors (Lipinski definition) is 2. The zero-order valence-corrected chi connectivity index (χ0v) is 5.09. The second-order valence-electron chi connectivity index (χ2n) is 1.21. The van der Waals surface area contributed by atoms with Crippen molar-refractivity contribution in [2.45, 2.75) is 19.8 Å². The smallest absolute Gasteiger partial charge is 0.103 e. The Hall–Kier alpha value is -0.680. The molecule has 0 spiro atoms. The van der Waals surface area contributed by atoms with Crippen LogP contribution in [0.5, 0.6) is 0 Å². The molecule has 48 valence electrons. The van der Waals surface area contributed by atoms with Crippen LogP contribution in [0, 0.1) is 12.5 Å². The fourth-order valence-electron chi connectivity index (χ4n) is 0.158. The van der Waals surface area contributed by atoms with E-state index in [0.717, 1.165) is 12.8 Å². The molecule has 0 rings (SSSR count). The number of terminal acetylenes is 1. The summed E-state index contributed by atoms with van der Waals surface area (Å²) in [5.74, 6) is 0. The van der Waals surface area contributed by atoms with Crippen molar-refractivity contribution in [1.82, 2.24) is 0 Å². The Bertz CT molecular complexity index is 52.0. The van der Waals surface area contributed by atoms with Crippen molar-refractivity contribution in [3.63, 3.8) is 0 Å². The van der Waals surface area contributed by atoms with Gasteiger partial charge in [-0.15, -0.1) is 0 Å². The summed E-state index contributed by atoms with van der Waals surface area (Å²) in [6.07, 6.45) is 7.44. The van der Waals surface area contributed by atoms with Crippen LogP contribution in [0.15, 0.2) is 0 Å². The quantitative estimate of drug-likeness (QED) is 0.522. The minimum absolute atomic E-state index is 0.344. The van der Waals surface area contributed by atoms with Crippen molar-refractivity contribution in [2.24, 2.45) is 0 Å². The lowest BCUT2D eigenvalue weighted by molar-refractivity contribution is 0.287. The van der Waals surface area contributed by atoms with Gasteiger partial charge in [0.05, 0.1) is 0 Å². The third kappa shape index (κ3) is 57.0. The molecule has 0 aromatic heterocycles. The van der Waals surface area contributed by atoms with Gasteiger partial charge in [0.15, 0.2) is 0 Å². The van der Waals surface area contributed by atoms with Gasteiger partial charge in [0.1, 0.15) is 6.11 Å². The highest BCUT2D eigenvalue weighted by Gasteiger charge is 1.69. The third-order valence-corrected chi connectivity index (χ3v) is 0.512. The first-order valence-electron chi connectivity index (χ1n) is 2.54. The first-order valence-corrected chi connectivity index (χ1v) is 2.54. The molecule has 0 unspecified atom stereocenters. The van der Waals surface area contributed by atoms with Crippen molar-refractivity contribution in [2.75, 3.05) is 6.61 Å². The first-order chi connectivity index (χ1) is 3.83. The summed E-state index contributed by atoms with van der Waals surface area (Å²) in [7, 11) is 0. The average Bonchev–Trinajstić information content (AvgIpc) is 1.71. The lowest BCUT2D eigenvalue weighted by atomic mass is 10.4. The number of hydrogen-bond acceptors (Lipinski definition) is 2. The zero-order chi connectivity index (χ0) is 6.83. The van der Waals surface area contributed by atoms with Gasteiger partial charge in [-0.3, -0.25) is 0 Å². The van der Waals surface area contributed by atoms with Crippen molar-refractivity contribution >= 4 is 0 Å². The Morgan fingerprint density at radius 3 is 2.00 bits per heavy atom. The number of aliphatic hydroxyl groups excluding tert-OH is 2. The first kappa shape index (κ1) is 10.3. The number of aliphatic hydroxyl groups is 2. The van der Waals surface area contributed by atoms with Crippen LogP contribution >= 0.6 is 0 Å². The van der Waals surface area contributed by atoms with E-state index in [1.807, 2.05) is 0 Å². The van der Waals surface area contributed by atoms with Crippen molar-refractivity contribution in [3.8, 4) is 12.5 Å². The second-order valence-corrected chi connectivity index (χ2v) is 1.21. The van der Waals surface area contributed by atoms with Crippen LogP contribution in [0.2, 0.25) is 0 Å². The predicted octanol–water partition coefficient (Wildman–Crippen LogP) is 0.728. The molecule has 2 nitrogen and oxygen atoms in total. The lowest BCUT2D eigenvalue weighted by Crippen LogP contribution is -1.75. The van der Waals surface area contributed by atoms with E-state index in [1.165, 1.54) is 6.11 Å². The fourth-order valence-corrected chi connectivity index (χ4v) is 0.158. The summed E-state index contributed by atoms with van der Waals surface area (Å²) in [4.78, 5) is 0. The number of rotatable bonds is 2. The van der Waals surface area contributed by atoms with Crippen molar-refractivity contribution in [3.05, 3.63) is 0 Å². The van der Waals surface area contributed by atoms with E-state index < -0.39 is 0 Å². The molecule has 2 N–H and O–H groups in total. The Balaban J connectivity index is 0. The summed E-state index contributed by atoms with van der Waals surface area (Å²) in [5.41, 5.74) is 0. The van der Waals surface area contributed by atoms with E-state index in [4.69, 9.17) is 10.2 Å². The summed E-state index contributed by atoms with van der Waals surface area (Å²) < 4.78 is 0. The van der Waals surface area contributed by atoms with Gasteiger partial charge in [0, 0.05) is 6.61 Å². The summed E-state index contributed by atoms with van der Waals surface area (Å²) in [5, 5.41) is 15.2. The molecule has 0 aliphatic heterocycles. The molecule has 0 atom stereocenters. The molecule has 0 bridgehead atoms. The summed E-state index contributed by atoms with van der Waals surface area (Å²) in [6, 6.07) is 0. The molecule has 0 fully saturated rings. The molecule has 0 aromatic carbocycles. The molecule has 0 aromatic rings. The third-order valence-electron chi connectivity index (χ3n) is 0.512. The van der Waals surface area contributed by atoms with E-state index in [2.05, 4.69) is 13.3 Å². The normalized spacial score (nSPS) is 6.12. The average molecular weight is 116 g/mol. The van der Waals surface area contributed by atoms with Crippen LogP contribution < -0.4 is 0 Å². The van der Waals surface area contributed by atoms with E-state index in [1.54, 1.807) is 0 Å². The molecule has 0 saturated heterocycles.